The maximum Gasteiger partial charge on any atom is 0.342 e. The summed E-state index contributed by atoms with van der Waals surface area (Å²) < 4.78 is 32.4. The molecule has 1 atom stereocenters. The van der Waals surface area contributed by atoms with Gasteiger partial charge in [-0.3, -0.25) is 0 Å². The molecule has 5 rings (SSSR count). The third kappa shape index (κ3) is 5.52. The first-order valence-corrected chi connectivity index (χ1v) is 14.3. The van der Waals surface area contributed by atoms with Crippen molar-refractivity contribution < 1.29 is 28.8 Å². The Bertz CT molecular complexity index is 1660. The first kappa shape index (κ1) is 28.6. The molecule has 0 saturated carbocycles. The molecule has 1 aromatic heterocycles. The normalized spacial score (nSPS) is 17.1. The highest BCUT2D eigenvalue weighted by Crippen LogP contribution is 2.47. The van der Waals surface area contributed by atoms with Gasteiger partial charge in [0.15, 0.2) is 11.5 Å². The topological polar surface area (TPSA) is 100 Å². The van der Waals surface area contributed by atoms with Crippen molar-refractivity contribution in [3.8, 4) is 17.2 Å². The Morgan fingerprint density at radius 2 is 1.61 bits per heavy atom. The molecule has 1 aliphatic heterocycles. The molecule has 41 heavy (non-hydrogen) atoms. The second-order valence-electron chi connectivity index (χ2n) is 10.8. The van der Waals surface area contributed by atoms with Gasteiger partial charge in [0, 0.05) is 17.6 Å². The second-order valence-corrected chi connectivity index (χ2v) is 11.3. The summed E-state index contributed by atoms with van der Waals surface area (Å²) >= 11 is 1.10. The number of aliphatic hydroxyl groups is 1. The standard InChI is InChI=1S/C32H34N2O6S/c1-17(2)38-28-15-21(14-27(37-7)30(28)39-18(3)4)13-24-29(22-9-11-25-26(16-22)34-41-33-25)31(35)40-32(24,36)23-10-8-19(5)20(6)12-23/h8-12,14-18,36H,13H2,1-7H3. The van der Waals surface area contributed by atoms with Crippen molar-refractivity contribution >= 4 is 34.3 Å². The molecule has 0 bridgehead atoms. The molecule has 3 aromatic carbocycles. The molecule has 214 valence electrons. The van der Waals surface area contributed by atoms with E-state index in [1.807, 2.05) is 71.9 Å². The van der Waals surface area contributed by atoms with Crippen LogP contribution in [0.25, 0.3) is 16.6 Å². The fourth-order valence-electron chi connectivity index (χ4n) is 4.94. The lowest BCUT2D eigenvalue weighted by Gasteiger charge is -2.27. The average molecular weight is 575 g/mol. The van der Waals surface area contributed by atoms with E-state index in [-0.39, 0.29) is 24.2 Å². The van der Waals surface area contributed by atoms with Gasteiger partial charge in [0.05, 0.1) is 36.6 Å². The molecule has 0 spiro atoms. The number of esters is 1. The Morgan fingerprint density at radius 3 is 2.29 bits per heavy atom. The van der Waals surface area contributed by atoms with Crippen molar-refractivity contribution in [3.05, 3.63) is 81.9 Å². The molecule has 2 heterocycles. The SMILES string of the molecule is COc1cc(CC2=C(c3ccc4nsnc4c3)C(=O)OC2(O)c2ccc(C)c(C)c2)cc(OC(C)C)c1OC(C)C. The quantitative estimate of drug-likeness (QED) is 0.233. The molecule has 0 fully saturated rings. The minimum absolute atomic E-state index is 0.107. The van der Waals surface area contributed by atoms with E-state index in [1.54, 1.807) is 25.3 Å². The molecule has 0 saturated heterocycles. The van der Waals surface area contributed by atoms with Gasteiger partial charge >= 0.3 is 5.97 Å². The number of benzene rings is 3. The number of methoxy groups -OCH3 is 1. The molecule has 4 aromatic rings. The lowest BCUT2D eigenvalue weighted by Crippen LogP contribution is -2.30. The van der Waals surface area contributed by atoms with Crippen LogP contribution in [0.5, 0.6) is 17.2 Å². The molecule has 0 radical (unpaired) electrons. The Kier molecular flexibility index (Phi) is 7.76. The summed E-state index contributed by atoms with van der Waals surface area (Å²) in [6.07, 6.45) is -0.0593. The van der Waals surface area contributed by atoms with Crippen LogP contribution in [0.1, 0.15) is 55.5 Å². The van der Waals surface area contributed by atoms with Crippen LogP contribution in [-0.4, -0.2) is 39.1 Å². The van der Waals surface area contributed by atoms with Crippen molar-refractivity contribution in [2.75, 3.05) is 7.11 Å². The van der Waals surface area contributed by atoms with Crippen LogP contribution in [-0.2, 0) is 21.7 Å². The van der Waals surface area contributed by atoms with E-state index >= 15 is 0 Å². The number of cyclic esters (lactones) is 1. The van der Waals surface area contributed by atoms with Crippen LogP contribution < -0.4 is 14.2 Å². The lowest BCUT2D eigenvalue weighted by atomic mass is 9.87. The number of aryl methyl sites for hydroxylation is 2. The summed E-state index contributed by atoms with van der Waals surface area (Å²) in [7, 11) is 1.57. The number of carbonyl (C=O) groups is 1. The van der Waals surface area contributed by atoms with Crippen molar-refractivity contribution in [2.24, 2.45) is 0 Å². The van der Waals surface area contributed by atoms with E-state index in [9.17, 15) is 9.90 Å². The summed E-state index contributed by atoms with van der Waals surface area (Å²) in [6.45, 7) is 11.7. The molecule has 0 amide bonds. The fraction of sp³-hybridized carbons (Fsp3) is 0.344. The number of ether oxygens (including phenoxy) is 4. The Balaban J connectivity index is 1.71. The Labute approximate surface area is 243 Å². The van der Waals surface area contributed by atoms with Crippen LogP contribution in [0.2, 0.25) is 0 Å². The number of carbonyl (C=O) groups excluding carboxylic acids is 1. The predicted octanol–water partition coefficient (Wildman–Crippen LogP) is 6.29. The zero-order valence-corrected chi connectivity index (χ0v) is 25.1. The van der Waals surface area contributed by atoms with Crippen molar-refractivity contribution in [2.45, 2.75) is 66.0 Å². The van der Waals surface area contributed by atoms with Crippen LogP contribution >= 0.6 is 11.7 Å². The van der Waals surface area contributed by atoms with Gasteiger partial charge in [-0.15, -0.1) is 0 Å². The van der Waals surface area contributed by atoms with Gasteiger partial charge in [-0.25, -0.2) is 4.79 Å². The van der Waals surface area contributed by atoms with Crippen molar-refractivity contribution in [3.63, 3.8) is 0 Å². The zero-order valence-electron chi connectivity index (χ0n) is 24.3. The highest BCUT2D eigenvalue weighted by molar-refractivity contribution is 7.00. The summed E-state index contributed by atoms with van der Waals surface area (Å²) in [5.41, 5.74) is 5.94. The van der Waals surface area contributed by atoms with Gasteiger partial charge in [0.25, 0.3) is 5.79 Å². The Morgan fingerprint density at radius 1 is 0.902 bits per heavy atom. The average Bonchev–Trinajstić information content (AvgIpc) is 3.48. The Hall–Kier alpha value is -3.95. The van der Waals surface area contributed by atoms with Crippen molar-refractivity contribution in [1.82, 2.24) is 8.75 Å². The number of fused-ring (bicyclic) bond motifs is 1. The number of rotatable bonds is 9. The minimum atomic E-state index is -1.99. The van der Waals surface area contributed by atoms with E-state index in [0.29, 0.717) is 39.5 Å². The molecule has 8 nitrogen and oxygen atoms in total. The lowest BCUT2D eigenvalue weighted by molar-refractivity contribution is -0.185. The number of hydrogen-bond acceptors (Lipinski definition) is 9. The van der Waals surface area contributed by atoms with Gasteiger partial charge in [-0.1, -0.05) is 18.2 Å². The summed E-state index contributed by atoms with van der Waals surface area (Å²) in [4.78, 5) is 13.6. The van der Waals surface area contributed by atoms with Gasteiger partial charge in [-0.2, -0.15) is 8.75 Å². The highest BCUT2D eigenvalue weighted by atomic mass is 32.1. The van der Waals surface area contributed by atoms with Crippen LogP contribution in [0.3, 0.4) is 0 Å². The van der Waals surface area contributed by atoms with E-state index < -0.39 is 11.8 Å². The molecular weight excluding hydrogens is 540 g/mol. The van der Waals surface area contributed by atoms with E-state index in [2.05, 4.69) is 8.75 Å². The zero-order chi connectivity index (χ0) is 29.5. The largest absolute Gasteiger partial charge is 0.493 e. The molecular formula is C32H34N2O6S. The van der Waals surface area contributed by atoms with Gasteiger partial charge in [0.2, 0.25) is 5.75 Å². The first-order chi connectivity index (χ1) is 19.5. The fourth-order valence-corrected chi connectivity index (χ4v) is 5.46. The minimum Gasteiger partial charge on any atom is -0.493 e. The summed E-state index contributed by atoms with van der Waals surface area (Å²) in [5, 5.41) is 12.2. The van der Waals surface area contributed by atoms with E-state index in [4.69, 9.17) is 18.9 Å². The highest BCUT2D eigenvalue weighted by Gasteiger charge is 2.48. The molecule has 1 unspecified atom stereocenters. The molecule has 1 aliphatic rings. The molecule has 1 N–H and O–H groups in total. The third-order valence-electron chi connectivity index (χ3n) is 6.99. The molecule has 9 heteroatoms. The second kappa shape index (κ2) is 11.1. The van der Waals surface area contributed by atoms with Gasteiger partial charge < -0.3 is 24.1 Å². The van der Waals surface area contributed by atoms with E-state index in [0.717, 1.165) is 33.9 Å². The number of aromatic nitrogens is 2. The van der Waals surface area contributed by atoms with E-state index in [1.165, 1.54) is 0 Å². The third-order valence-corrected chi connectivity index (χ3v) is 7.55. The van der Waals surface area contributed by atoms with Crippen LogP contribution in [0, 0.1) is 13.8 Å². The van der Waals surface area contributed by atoms with Crippen molar-refractivity contribution in [1.29, 1.82) is 0 Å². The smallest absolute Gasteiger partial charge is 0.342 e. The molecule has 0 aliphatic carbocycles. The first-order valence-electron chi connectivity index (χ1n) is 13.5. The van der Waals surface area contributed by atoms with Gasteiger partial charge in [-0.05, 0) is 94.1 Å². The number of nitrogens with zero attached hydrogens (tertiary/aromatic N) is 2. The maximum absolute atomic E-state index is 13.6. The van der Waals surface area contributed by atoms with Crippen LogP contribution in [0.15, 0.2) is 54.1 Å². The van der Waals surface area contributed by atoms with Crippen LogP contribution in [0.4, 0.5) is 0 Å². The van der Waals surface area contributed by atoms with Gasteiger partial charge in [0.1, 0.15) is 11.0 Å². The predicted molar refractivity (Wildman–Crippen MR) is 158 cm³/mol. The monoisotopic (exact) mass is 574 g/mol. The summed E-state index contributed by atoms with van der Waals surface area (Å²) in [5.74, 6) is -1.10. The summed E-state index contributed by atoms with van der Waals surface area (Å²) in [6, 6.07) is 14.7. The number of hydrogen-bond donors (Lipinski definition) is 1. The maximum atomic E-state index is 13.6.